The van der Waals surface area contributed by atoms with Gasteiger partial charge in [-0.1, -0.05) is 19.9 Å². The molecule has 0 amide bonds. The normalized spacial score (nSPS) is 13.1. The van der Waals surface area contributed by atoms with Crippen molar-refractivity contribution in [2.45, 2.75) is 30.9 Å². The smallest absolute Gasteiger partial charge is 0.198 e. The van der Waals surface area contributed by atoms with E-state index < -0.39 is 15.1 Å². The summed E-state index contributed by atoms with van der Waals surface area (Å²) in [5.74, 6) is 0.00622. The summed E-state index contributed by atoms with van der Waals surface area (Å²) < 4.78 is 29.9. The Hall–Kier alpha value is -1.54. The Bertz CT molecular complexity index is 570. The molecule has 0 spiro atoms. The topological polar surface area (TPSA) is 67.2 Å². The summed E-state index contributed by atoms with van der Waals surface area (Å²) in [6.45, 7) is 5.23. The van der Waals surface area contributed by atoms with Crippen LogP contribution in [0.1, 0.15) is 19.4 Å². The Balaban J connectivity index is 3.45. The molecule has 0 heterocycles. The molecular formula is C13H17NO3S. The van der Waals surface area contributed by atoms with Crippen LogP contribution in [0.3, 0.4) is 0 Å². The van der Waals surface area contributed by atoms with Gasteiger partial charge in [0.25, 0.3) is 0 Å². The second-order valence-electron chi connectivity index (χ2n) is 4.49. The lowest BCUT2D eigenvalue weighted by Gasteiger charge is -2.16. The number of sulfone groups is 1. The average molecular weight is 267 g/mol. The third-order valence-electron chi connectivity index (χ3n) is 2.69. The molecule has 0 aliphatic rings. The summed E-state index contributed by atoms with van der Waals surface area (Å²) in [5, 5.41) is 7.99. The maximum Gasteiger partial charge on any atom is 0.198 e. The lowest BCUT2D eigenvalue weighted by atomic mass is 10.1. The quantitative estimate of drug-likeness (QED) is 0.839. The molecule has 1 rings (SSSR count). The number of aryl methyl sites for hydroxylation is 1. The first-order valence-electron chi connectivity index (χ1n) is 5.62. The van der Waals surface area contributed by atoms with Gasteiger partial charge in [0.05, 0.1) is 13.2 Å². The van der Waals surface area contributed by atoms with E-state index in [4.69, 9.17) is 10.00 Å². The summed E-state index contributed by atoms with van der Waals surface area (Å²) in [5.41, 5.74) is 0.815. The fourth-order valence-corrected chi connectivity index (χ4v) is 3.63. The summed E-state index contributed by atoms with van der Waals surface area (Å²) in [6, 6.07) is 6.79. The monoisotopic (exact) mass is 267 g/mol. The molecule has 4 nitrogen and oxygen atoms in total. The number of nitriles is 1. The highest BCUT2D eigenvalue weighted by Crippen LogP contribution is 2.30. The Morgan fingerprint density at radius 1 is 1.33 bits per heavy atom. The zero-order chi connectivity index (χ0) is 13.9. The summed E-state index contributed by atoms with van der Waals surface area (Å²) in [7, 11) is -2.28. The van der Waals surface area contributed by atoms with E-state index in [-0.39, 0.29) is 16.6 Å². The van der Waals surface area contributed by atoms with Gasteiger partial charge in [0.15, 0.2) is 15.1 Å². The van der Waals surface area contributed by atoms with E-state index in [9.17, 15) is 8.42 Å². The zero-order valence-electron chi connectivity index (χ0n) is 11.0. The maximum atomic E-state index is 12.4. The number of ether oxygens (including phenoxy) is 1. The Morgan fingerprint density at radius 2 is 1.94 bits per heavy atom. The van der Waals surface area contributed by atoms with Crippen LogP contribution in [0.25, 0.3) is 0 Å². The van der Waals surface area contributed by atoms with Crippen molar-refractivity contribution in [1.82, 2.24) is 0 Å². The first kappa shape index (κ1) is 14.5. The molecule has 0 saturated heterocycles. The number of methoxy groups -OCH3 is 1. The van der Waals surface area contributed by atoms with Crippen molar-refractivity contribution < 1.29 is 13.2 Å². The number of hydrogen-bond donors (Lipinski definition) is 0. The van der Waals surface area contributed by atoms with Gasteiger partial charge in [0, 0.05) is 0 Å². The highest BCUT2D eigenvalue weighted by atomic mass is 32.2. The van der Waals surface area contributed by atoms with Crippen molar-refractivity contribution in [1.29, 1.82) is 5.26 Å². The molecule has 0 bridgehead atoms. The third-order valence-corrected chi connectivity index (χ3v) is 4.94. The van der Waals surface area contributed by atoms with E-state index >= 15 is 0 Å². The summed E-state index contributed by atoms with van der Waals surface area (Å²) in [4.78, 5) is 0.0882. The summed E-state index contributed by atoms with van der Waals surface area (Å²) >= 11 is 0. The van der Waals surface area contributed by atoms with Crippen LogP contribution < -0.4 is 4.74 Å². The molecule has 0 fully saturated rings. The van der Waals surface area contributed by atoms with Crippen molar-refractivity contribution in [3.05, 3.63) is 23.8 Å². The van der Waals surface area contributed by atoms with Crippen LogP contribution in [0.4, 0.5) is 0 Å². The molecule has 18 heavy (non-hydrogen) atoms. The number of benzene rings is 1. The van der Waals surface area contributed by atoms with Crippen LogP contribution in [-0.4, -0.2) is 20.8 Å². The molecule has 0 aromatic heterocycles. The lowest BCUT2D eigenvalue weighted by molar-refractivity contribution is 0.402. The Labute approximate surface area is 108 Å². The first-order valence-corrected chi connectivity index (χ1v) is 7.17. The molecule has 0 aliphatic carbocycles. The predicted octanol–water partition coefficient (Wildman–Crippen LogP) is 2.33. The van der Waals surface area contributed by atoms with Gasteiger partial charge in [-0.3, -0.25) is 0 Å². The minimum atomic E-state index is -3.70. The van der Waals surface area contributed by atoms with Gasteiger partial charge in [-0.25, -0.2) is 8.42 Å². The second kappa shape index (κ2) is 5.40. The standard InChI is InChI=1S/C13H17NO3S/c1-9(2)13(8-14)18(15,16)12-7-10(3)5-6-11(12)17-4/h5-7,9,13H,1-4H3. The molecule has 1 aromatic carbocycles. The van der Waals surface area contributed by atoms with Gasteiger partial charge in [0.2, 0.25) is 0 Å². The molecule has 1 aromatic rings. The van der Waals surface area contributed by atoms with Gasteiger partial charge in [-0.15, -0.1) is 0 Å². The molecule has 0 N–H and O–H groups in total. The number of hydrogen-bond acceptors (Lipinski definition) is 4. The van der Waals surface area contributed by atoms with Gasteiger partial charge >= 0.3 is 0 Å². The van der Waals surface area contributed by atoms with E-state index in [2.05, 4.69) is 0 Å². The van der Waals surface area contributed by atoms with Gasteiger partial charge in [-0.05, 0) is 30.5 Å². The van der Waals surface area contributed by atoms with Crippen LogP contribution in [0, 0.1) is 24.2 Å². The minimum absolute atomic E-state index is 0.0882. The van der Waals surface area contributed by atoms with Crippen molar-refractivity contribution >= 4 is 9.84 Å². The fourth-order valence-electron chi connectivity index (χ4n) is 1.72. The average Bonchev–Trinajstić information content (AvgIpc) is 2.28. The Kier molecular flexibility index (Phi) is 4.36. The molecule has 0 aliphatic heterocycles. The third kappa shape index (κ3) is 2.65. The highest BCUT2D eigenvalue weighted by Gasteiger charge is 2.32. The maximum absolute atomic E-state index is 12.4. The predicted molar refractivity (Wildman–Crippen MR) is 69.2 cm³/mol. The van der Waals surface area contributed by atoms with E-state index in [1.807, 2.05) is 6.07 Å². The van der Waals surface area contributed by atoms with E-state index in [1.165, 1.54) is 7.11 Å². The largest absolute Gasteiger partial charge is 0.495 e. The molecule has 1 atom stereocenters. The van der Waals surface area contributed by atoms with Crippen LogP contribution in [0.15, 0.2) is 23.1 Å². The van der Waals surface area contributed by atoms with Gasteiger partial charge in [0.1, 0.15) is 10.6 Å². The highest BCUT2D eigenvalue weighted by molar-refractivity contribution is 7.92. The van der Waals surface area contributed by atoms with Crippen LogP contribution in [-0.2, 0) is 9.84 Å². The molecule has 0 saturated carbocycles. The first-order chi connectivity index (χ1) is 8.34. The van der Waals surface area contributed by atoms with E-state index in [1.54, 1.807) is 39.0 Å². The molecule has 1 unspecified atom stereocenters. The Morgan fingerprint density at radius 3 is 2.39 bits per heavy atom. The fraction of sp³-hybridized carbons (Fsp3) is 0.462. The van der Waals surface area contributed by atoms with Gasteiger partial charge < -0.3 is 4.74 Å². The van der Waals surface area contributed by atoms with Crippen molar-refractivity contribution in [2.24, 2.45) is 5.92 Å². The summed E-state index contributed by atoms with van der Waals surface area (Å²) in [6.07, 6.45) is 0. The SMILES string of the molecule is COc1ccc(C)cc1S(=O)(=O)C(C#N)C(C)C. The lowest BCUT2D eigenvalue weighted by Crippen LogP contribution is -2.25. The molecule has 0 radical (unpaired) electrons. The van der Waals surface area contributed by atoms with Crippen molar-refractivity contribution in [3.63, 3.8) is 0 Å². The van der Waals surface area contributed by atoms with E-state index in [0.29, 0.717) is 0 Å². The number of rotatable bonds is 4. The van der Waals surface area contributed by atoms with E-state index in [0.717, 1.165) is 5.56 Å². The van der Waals surface area contributed by atoms with Gasteiger partial charge in [-0.2, -0.15) is 5.26 Å². The molecule has 98 valence electrons. The van der Waals surface area contributed by atoms with Crippen molar-refractivity contribution in [3.8, 4) is 11.8 Å². The van der Waals surface area contributed by atoms with Crippen molar-refractivity contribution in [2.75, 3.05) is 7.11 Å². The second-order valence-corrected chi connectivity index (χ2v) is 6.53. The zero-order valence-corrected chi connectivity index (χ0v) is 11.8. The van der Waals surface area contributed by atoms with Crippen LogP contribution in [0.5, 0.6) is 5.75 Å². The van der Waals surface area contributed by atoms with Crippen LogP contribution in [0.2, 0.25) is 0 Å². The van der Waals surface area contributed by atoms with Crippen LogP contribution >= 0.6 is 0 Å². The molecular weight excluding hydrogens is 250 g/mol. The number of nitrogens with zero attached hydrogens (tertiary/aromatic N) is 1. The molecule has 5 heteroatoms. The minimum Gasteiger partial charge on any atom is -0.495 e.